The van der Waals surface area contributed by atoms with Gasteiger partial charge in [0.05, 0.1) is 19.3 Å². The lowest BCUT2D eigenvalue weighted by molar-refractivity contribution is -0.117. The van der Waals surface area contributed by atoms with Gasteiger partial charge in [-0.1, -0.05) is 54.6 Å². The number of nitrogens with one attached hydrogen (secondary N) is 1. The molecule has 1 aliphatic rings. The Balaban J connectivity index is 1.30. The minimum absolute atomic E-state index is 0.0645. The first-order chi connectivity index (χ1) is 15.2. The van der Waals surface area contributed by atoms with Crippen molar-refractivity contribution in [1.82, 2.24) is 4.90 Å². The molecule has 0 spiro atoms. The quantitative estimate of drug-likeness (QED) is 0.482. The number of furan rings is 1. The number of hydrogen-bond donors (Lipinski definition) is 1. The van der Waals surface area contributed by atoms with Crippen molar-refractivity contribution in [3.05, 3.63) is 78.4 Å². The molecule has 1 aromatic heterocycles. The molecule has 0 saturated carbocycles. The van der Waals surface area contributed by atoms with Crippen LogP contribution >= 0.6 is 0 Å². The lowest BCUT2D eigenvalue weighted by Gasteiger charge is -2.26. The summed E-state index contributed by atoms with van der Waals surface area (Å²) in [6.07, 6.45) is 3.15. The first kappa shape index (κ1) is 19.4. The molecule has 0 saturated heterocycles. The molecule has 0 fully saturated rings. The van der Waals surface area contributed by atoms with E-state index in [0.717, 1.165) is 41.4 Å². The summed E-state index contributed by atoms with van der Waals surface area (Å²) in [6.45, 7) is 1.95. The lowest BCUT2D eigenvalue weighted by atomic mass is 10.00. The van der Waals surface area contributed by atoms with Gasteiger partial charge in [-0.2, -0.15) is 0 Å². The maximum Gasteiger partial charge on any atom is 0.238 e. The van der Waals surface area contributed by atoms with E-state index in [9.17, 15) is 4.79 Å². The highest BCUT2D eigenvalue weighted by molar-refractivity contribution is 6.07. The molecule has 1 amide bonds. The number of nitrogens with zero attached hydrogens (tertiary/aromatic N) is 1. The van der Waals surface area contributed by atoms with Gasteiger partial charge in [0, 0.05) is 29.9 Å². The molecule has 0 atom stereocenters. The Morgan fingerprint density at radius 3 is 2.61 bits per heavy atom. The molecule has 2 heterocycles. The molecule has 0 bridgehead atoms. The number of fused-ring (bicyclic) bond motifs is 3. The third-order valence-corrected chi connectivity index (χ3v) is 5.78. The number of hydrogen-bond acceptors (Lipinski definition) is 4. The van der Waals surface area contributed by atoms with Crippen molar-refractivity contribution in [3.63, 3.8) is 0 Å². The summed E-state index contributed by atoms with van der Waals surface area (Å²) in [5, 5.41) is 5.00. The number of amides is 1. The molecule has 5 nitrogen and oxygen atoms in total. The molecule has 31 heavy (non-hydrogen) atoms. The van der Waals surface area contributed by atoms with E-state index in [1.165, 1.54) is 11.1 Å². The molecule has 1 N–H and O–H groups in total. The fourth-order valence-electron chi connectivity index (χ4n) is 4.18. The number of benzene rings is 3. The van der Waals surface area contributed by atoms with E-state index in [1.54, 1.807) is 7.11 Å². The molecular weight excluding hydrogens is 388 g/mol. The number of carbonyl (C=O) groups is 1. The van der Waals surface area contributed by atoms with E-state index in [0.29, 0.717) is 18.0 Å². The van der Waals surface area contributed by atoms with Crippen molar-refractivity contribution >= 4 is 39.1 Å². The summed E-state index contributed by atoms with van der Waals surface area (Å²) < 4.78 is 11.5. The second kappa shape index (κ2) is 8.28. The molecule has 156 valence electrons. The summed E-state index contributed by atoms with van der Waals surface area (Å²) in [6, 6.07) is 22.1. The standard InChI is InChI=1S/C26H24N2O3/c1-30-25-15-21-20-9-5-6-10-23(20)31-24(21)16-22(25)27-26(29)17-28-13-11-19(12-14-28)18-7-3-2-4-8-18/h2-11,15-16H,12-14,17H2,1H3,(H,27,29). The highest BCUT2D eigenvalue weighted by Gasteiger charge is 2.18. The van der Waals surface area contributed by atoms with E-state index in [4.69, 9.17) is 9.15 Å². The second-order valence-electron chi connectivity index (χ2n) is 7.78. The highest BCUT2D eigenvalue weighted by atomic mass is 16.5. The molecule has 3 aromatic carbocycles. The molecule has 5 heteroatoms. The van der Waals surface area contributed by atoms with Crippen molar-refractivity contribution in [3.8, 4) is 5.75 Å². The highest BCUT2D eigenvalue weighted by Crippen LogP contribution is 2.36. The Morgan fingerprint density at radius 1 is 1.03 bits per heavy atom. The minimum Gasteiger partial charge on any atom is -0.495 e. The Labute approximate surface area is 180 Å². The zero-order chi connectivity index (χ0) is 21.2. The first-order valence-corrected chi connectivity index (χ1v) is 10.5. The summed E-state index contributed by atoms with van der Waals surface area (Å²) >= 11 is 0. The van der Waals surface area contributed by atoms with Gasteiger partial charge in [0.15, 0.2) is 0 Å². The monoisotopic (exact) mass is 412 g/mol. The Morgan fingerprint density at radius 2 is 1.84 bits per heavy atom. The minimum atomic E-state index is -0.0645. The van der Waals surface area contributed by atoms with Gasteiger partial charge in [-0.3, -0.25) is 9.69 Å². The van der Waals surface area contributed by atoms with Gasteiger partial charge in [0.2, 0.25) is 5.91 Å². The van der Waals surface area contributed by atoms with Gasteiger partial charge >= 0.3 is 0 Å². The number of anilines is 1. The predicted octanol–water partition coefficient (Wildman–Crippen LogP) is 5.32. The number of methoxy groups -OCH3 is 1. The third kappa shape index (κ3) is 3.92. The average molecular weight is 412 g/mol. The zero-order valence-electron chi connectivity index (χ0n) is 17.4. The van der Waals surface area contributed by atoms with E-state index in [1.807, 2.05) is 42.5 Å². The van der Waals surface area contributed by atoms with E-state index in [-0.39, 0.29) is 5.91 Å². The van der Waals surface area contributed by atoms with Crippen LogP contribution in [0.25, 0.3) is 27.5 Å². The van der Waals surface area contributed by atoms with Crippen molar-refractivity contribution in [2.24, 2.45) is 0 Å². The van der Waals surface area contributed by atoms with Crippen molar-refractivity contribution < 1.29 is 13.9 Å². The molecule has 4 aromatic rings. The van der Waals surface area contributed by atoms with Crippen LogP contribution in [0.4, 0.5) is 5.69 Å². The van der Waals surface area contributed by atoms with Gasteiger partial charge in [-0.15, -0.1) is 0 Å². The van der Waals surface area contributed by atoms with Gasteiger partial charge < -0.3 is 14.5 Å². The molecule has 1 aliphatic heterocycles. The fourth-order valence-corrected chi connectivity index (χ4v) is 4.18. The van der Waals surface area contributed by atoms with Crippen molar-refractivity contribution in [2.75, 3.05) is 32.1 Å². The number of ether oxygens (including phenoxy) is 1. The number of carbonyl (C=O) groups excluding carboxylic acids is 1. The van der Waals surface area contributed by atoms with Crippen LogP contribution < -0.4 is 10.1 Å². The summed E-state index contributed by atoms with van der Waals surface area (Å²) in [5.74, 6) is 0.558. The number of para-hydroxylation sites is 1. The van der Waals surface area contributed by atoms with Crippen LogP contribution in [-0.4, -0.2) is 37.6 Å². The van der Waals surface area contributed by atoms with E-state index in [2.05, 4.69) is 40.6 Å². The zero-order valence-corrected chi connectivity index (χ0v) is 17.4. The maximum absolute atomic E-state index is 12.7. The Kier molecular flexibility index (Phi) is 5.18. The lowest BCUT2D eigenvalue weighted by Crippen LogP contribution is -2.36. The summed E-state index contributed by atoms with van der Waals surface area (Å²) in [5.41, 5.74) is 4.77. The first-order valence-electron chi connectivity index (χ1n) is 10.5. The van der Waals surface area contributed by atoms with Crippen molar-refractivity contribution in [1.29, 1.82) is 0 Å². The second-order valence-corrected chi connectivity index (χ2v) is 7.78. The van der Waals surface area contributed by atoms with Crippen LogP contribution in [0.5, 0.6) is 5.75 Å². The molecule has 0 radical (unpaired) electrons. The van der Waals surface area contributed by atoms with Crippen molar-refractivity contribution in [2.45, 2.75) is 6.42 Å². The SMILES string of the molecule is COc1cc2c(cc1NC(=O)CN1CC=C(c3ccccc3)CC1)oc1ccccc12. The maximum atomic E-state index is 12.7. The smallest absolute Gasteiger partial charge is 0.238 e. The predicted molar refractivity (Wildman–Crippen MR) is 124 cm³/mol. The normalized spacial score (nSPS) is 14.5. The largest absolute Gasteiger partial charge is 0.495 e. The average Bonchev–Trinajstić information content (AvgIpc) is 3.17. The van der Waals surface area contributed by atoms with Crippen LogP contribution in [0.2, 0.25) is 0 Å². The van der Waals surface area contributed by atoms with Gasteiger partial charge in [-0.25, -0.2) is 0 Å². The van der Waals surface area contributed by atoms with Crippen LogP contribution in [-0.2, 0) is 4.79 Å². The van der Waals surface area contributed by atoms with Crippen LogP contribution in [0.15, 0.2) is 77.2 Å². The van der Waals surface area contributed by atoms with Crippen LogP contribution in [0.3, 0.4) is 0 Å². The van der Waals surface area contributed by atoms with Crippen LogP contribution in [0.1, 0.15) is 12.0 Å². The summed E-state index contributed by atoms with van der Waals surface area (Å²) in [4.78, 5) is 14.9. The Bertz CT molecular complexity index is 1270. The van der Waals surface area contributed by atoms with E-state index >= 15 is 0 Å². The van der Waals surface area contributed by atoms with Gasteiger partial charge in [0.1, 0.15) is 16.9 Å². The number of rotatable bonds is 5. The topological polar surface area (TPSA) is 54.7 Å². The van der Waals surface area contributed by atoms with Crippen LogP contribution in [0, 0.1) is 0 Å². The molecule has 0 unspecified atom stereocenters. The van der Waals surface area contributed by atoms with E-state index < -0.39 is 0 Å². The molecule has 5 rings (SSSR count). The fraction of sp³-hybridized carbons (Fsp3) is 0.192. The van der Waals surface area contributed by atoms with Gasteiger partial charge in [0.25, 0.3) is 0 Å². The molecule has 0 aliphatic carbocycles. The Hall–Kier alpha value is -3.57. The summed E-state index contributed by atoms with van der Waals surface area (Å²) in [7, 11) is 1.61. The third-order valence-electron chi connectivity index (χ3n) is 5.78. The van der Waals surface area contributed by atoms with Gasteiger partial charge in [-0.05, 0) is 29.7 Å². The molecular formula is C26H24N2O3.